The number of rotatable bonds is 4. The lowest BCUT2D eigenvalue weighted by molar-refractivity contribution is -0.764. The summed E-state index contributed by atoms with van der Waals surface area (Å²) in [6, 6.07) is 20.9. The number of amides is 1. The summed E-state index contributed by atoms with van der Waals surface area (Å²) in [6.45, 7) is 1.47. The fourth-order valence-corrected chi connectivity index (χ4v) is 4.73. The fourth-order valence-electron chi connectivity index (χ4n) is 4.12. The van der Waals surface area contributed by atoms with Gasteiger partial charge in [-0.15, -0.1) is 0 Å². The average molecular weight is 563 g/mol. The fraction of sp³-hybridized carbons (Fsp3) is 0.115. The lowest BCUT2D eigenvalue weighted by atomic mass is 10.0. The minimum absolute atomic E-state index is 0.215. The van der Waals surface area contributed by atoms with Gasteiger partial charge >= 0.3 is 5.97 Å². The quantitative estimate of drug-likeness (QED) is 0.159. The molecule has 1 amide bonds. The summed E-state index contributed by atoms with van der Waals surface area (Å²) in [5.41, 5.74) is 2.58. The molecule has 0 fully saturated rings. The van der Waals surface area contributed by atoms with Gasteiger partial charge in [0.1, 0.15) is 5.75 Å². The number of carbonyl (C=O) groups is 2. The molecular weight excluding hydrogens is 544 g/mol. The van der Waals surface area contributed by atoms with Gasteiger partial charge in [0.15, 0.2) is 0 Å². The molecule has 3 aromatic carbocycles. The van der Waals surface area contributed by atoms with Crippen molar-refractivity contribution in [2.24, 2.45) is 0 Å². The van der Waals surface area contributed by atoms with Crippen LogP contribution in [0.15, 0.2) is 82.4 Å². The van der Waals surface area contributed by atoms with Crippen LogP contribution >= 0.6 is 27.7 Å². The van der Waals surface area contributed by atoms with E-state index in [4.69, 9.17) is 4.74 Å². The number of nitrogens with zero attached hydrogens (tertiary/aromatic N) is 4. The van der Waals surface area contributed by atoms with Gasteiger partial charge < -0.3 is 9.84 Å². The molecule has 5 rings (SSSR count). The van der Waals surface area contributed by atoms with E-state index in [1.165, 1.54) is 18.7 Å². The number of thioether (sulfide) groups is 1. The second-order valence-electron chi connectivity index (χ2n) is 7.94. The largest absolute Gasteiger partial charge is 0.854 e. The second-order valence-corrected chi connectivity index (χ2v) is 9.63. The van der Waals surface area contributed by atoms with Crippen LogP contribution in [-0.2, 0) is 4.79 Å². The van der Waals surface area contributed by atoms with E-state index in [9.17, 15) is 14.7 Å². The van der Waals surface area contributed by atoms with Crippen molar-refractivity contribution in [3.8, 4) is 22.9 Å². The minimum Gasteiger partial charge on any atom is -0.854 e. The molecule has 0 saturated carbocycles. The number of para-hydroxylation sites is 1. The third kappa shape index (κ3) is 4.33. The monoisotopic (exact) mass is 562 g/mol. The molecule has 10 heteroatoms. The Balaban J connectivity index is 1.56. The van der Waals surface area contributed by atoms with Crippen LogP contribution in [0.25, 0.3) is 11.3 Å². The number of esters is 1. The van der Waals surface area contributed by atoms with Crippen LogP contribution in [0, 0.1) is 0 Å². The Morgan fingerprint density at radius 1 is 1.06 bits per heavy atom. The van der Waals surface area contributed by atoms with Crippen LogP contribution in [-0.4, -0.2) is 28.2 Å². The molecule has 8 nitrogen and oxygen atoms in total. The zero-order chi connectivity index (χ0) is 25.4. The van der Waals surface area contributed by atoms with Gasteiger partial charge in [0.2, 0.25) is 5.91 Å². The number of hydrogen-bond donors (Lipinski definition) is 0. The van der Waals surface area contributed by atoms with Gasteiger partial charge in [-0.05, 0) is 66.9 Å². The molecule has 0 spiro atoms. The molecule has 4 aromatic rings. The molecular formula is C26H19BrN4O4S. The van der Waals surface area contributed by atoms with Gasteiger partial charge in [-0.2, -0.15) is 0 Å². The Morgan fingerprint density at radius 3 is 2.42 bits per heavy atom. The number of hydrogen-bond acceptors (Lipinski definition) is 7. The Labute approximate surface area is 219 Å². The number of benzene rings is 3. The van der Waals surface area contributed by atoms with E-state index in [2.05, 4.69) is 26.0 Å². The van der Waals surface area contributed by atoms with Gasteiger partial charge in [-0.3, -0.25) is 4.79 Å². The number of carbonyl (C=O) groups excluding carboxylic acids is 2. The first-order valence-electron chi connectivity index (χ1n) is 10.9. The predicted molar refractivity (Wildman–Crippen MR) is 136 cm³/mol. The first-order valence-corrected chi connectivity index (χ1v) is 12.9. The van der Waals surface area contributed by atoms with E-state index in [1.807, 2.05) is 6.07 Å². The smallest absolute Gasteiger partial charge is 0.343 e. The molecule has 0 radical (unpaired) electrons. The predicted octanol–water partition coefficient (Wildman–Crippen LogP) is 4.12. The van der Waals surface area contributed by atoms with E-state index in [-0.39, 0.29) is 5.91 Å². The zero-order valence-corrected chi connectivity index (χ0v) is 21.6. The summed E-state index contributed by atoms with van der Waals surface area (Å²) >= 11 is 4.59. The molecule has 180 valence electrons. The lowest BCUT2D eigenvalue weighted by Gasteiger charge is -2.32. The summed E-state index contributed by atoms with van der Waals surface area (Å²) < 4.78 is 7.93. The van der Waals surface area contributed by atoms with Crippen molar-refractivity contribution in [2.45, 2.75) is 18.2 Å². The normalized spacial score (nSPS) is 14.1. The summed E-state index contributed by atoms with van der Waals surface area (Å²) in [5.74, 6) is -0.775. The van der Waals surface area contributed by atoms with Gasteiger partial charge in [0.05, 0.1) is 22.7 Å². The van der Waals surface area contributed by atoms with Crippen LogP contribution < -0.4 is 19.4 Å². The Bertz CT molecular complexity index is 1480. The van der Waals surface area contributed by atoms with Crippen molar-refractivity contribution in [1.82, 2.24) is 10.1 Å². The third-order valence-electron chi connectivity index (χ3n) is 5.71. The van der Waals surface area contributed by atoms with Crippen molar-refractivity contribution in [3.63, 3.8) is 0 Å². The molecule has 0 saturated heterocycles. The summed E-state index contributed by atoms with van der Waals surface area (Å²) in [4.78, 5) is 31.1. The van der Waals surface area contributed by atoms with Crippen molar-refractivity contribution >= 4 is 45.3 Å². The Kier molecular flexibility index (Phi) is 6.46. The summed E-state index contributed by atoms with van der Waals surface area (Å²) in [7, 11) is 0. The number of aromatic nitrogens is 3. The van der Waals surface area contributed by atoms with Crippen molar-refractivity contribution in [3.05, 3.63) is 88.4 Å². The number of anilines is 1. The van der Waals surface area contributed by atoms with Crippen LogP contribution in [0.3, 0.4) is 0 Å². The van der Waals surface area contributed by atoms with Crippen LogP contribution in [0.2, 0.25) is 0 Å². The molecule has 1 aliphatic rings. The van der Waals surface area contributed by atoms with Gasteiger partial charge in [-0.25, -0.2) is 14.7 Å². The second kappa shape index (κ2) is 9.71. The molecule has 36 heavy (non-hydrogen) atoms. The summed E-state index contributed by atoms with van der Waals surface area (Å²) in [6.07, 6.45) is 1.05. The molecule has 0 N–H and O–H groups in total. The molecule has 1 unspecified atom stereocenters. The number of fused-ring (bicyclic) bond motifs is 3. The highest BCUT2D eigenvalue weighted by Crippen LogP contribution is 2.40. The molecule has 2 heterocycles. The van der Waals surface area contributed by atoms with Crippen LogP contribution in [0.5, 0.6) is 11.6 Å². The first kappa shape index (κ1) is 24.0. The van der Waals surface area contributed by atoms with Crippen molar-refractivity contribution in [2.75, 3.05) is 11.2 Å². The highest BCUT2D eigenvalue weighted by molar-refractivity contribution is 9.10. The SMILES string of the molecule is CSc1nc([O-])c2[n+](n1)C(c1ccc(OC(=O)c3ccc(Br)cc3)cc1)N(C(C)=O)c1ccccc1-2. The maximum Gasteiger partial charge on any atom is 0.343 e. The number of ether oxygens (including phenoxy) is 1. The standard InChI is InChI=1S/C26H19BrN4O4S/c1-15(32)30-21-6-4-3-5-20(21)22-23(33)28-26(36-2)29-31(22)24(30)16-9-13-19(14-10-16)35-25(34)17-7-11-18(27)12-8-17/h3-14,24H,1-2H3. The third-order valence-corrected chi connectivity index (χ3v) is 6.77. The van der Waals surface area contributed by atoms with E-state index in [0.29, 0.717) is 39.0 Å². The van der Waals surface area contributed by atoms with E-state index < -0.39 is 18.0 Å². The highest BCUT2D eigenvalue weighted by Gasteiger charge is 2.43. The lowest BCUT2D eigenvalue weighted by Crippen LogP contribution is -2.58. The Morgan fingerprint density at radius 2 is 1.75 bits per heavy atom. The van der Waals surface area contributed by atoms with Gasteiger partial charge in [0, 0.05) is 22.1 Å². The van der Waals surface area contributed by atoms with Crippen LogP contribution in [0.1, 0.15) is 29.0 Å². The number of halogens is 1. The zero-order valence-electron chi connectivity index (χ0n) is 19.2. The maximum atomic E-state index is 13.0. The van der Waals surface area contributed by atoms with Gasteiger partial charge in [0.25, 0.3) is 17.0 Å². The van der Waals surface area contributed by atoms with E-state index >= 15 is 0 Å². The van der Waals surface area contributed by atoms with Crippen molar-refractivity contribution < 1.29 is 24.1 Å². The van der Waals surface area contributed by atoms with E-state index in [0.717, 1.165) is 4.47 Å². The Hall–Kier alpha value is -3.76. The van der Waals surface area contributed by atoms with Gasteiger partial charge in [-0.1, -0.05) is 44.5 Å². The van der Waals surface area contributed by atoms with Crippen LogP contribution in [0.4, 0.5) is 5.69 Å². The molecule has 0 bridgehead atoms. The summed E-state index contributed by atoms with van der Waals surface area (Å²) in [5, 5.41) is 17.9. The maximum absolute atomic E-state index is 13.0. The molecule has 0 aliphatic carbocycles. The highest BCUT2D eigenvalue weighted by atomic mass is 79.9. The van der Waals surface area contributed by atoms with Crippen molar-refractivity contribution in [1.29, 1.82) is 0 Å². The molecule has 1 atom stereocenters. The molecule has 1 aromatic heterocycles. The topological polar surface area (TPSA) is 99.3 Å². The minimum atomic E-state index is -0.731. The first-order chi connectivity index (χ1) is 17.4. The molecule has 1 aliphatic heterocycles. The van der Waals surface area contributed by atoms with E-state index in [1.54, 1.807) is 82.6 Å². The average Bonchev–Trinajstić information content (AvgIpc) is 2.88.